The van der Waals surface area contributed by atoms with Crippen LogP contribution in [0.25, 0.3) is 0 Å². The van der Waals surface area contributed by atoms with E-state index in [9.17, 15) is 13.6 Å². The van der Waals surface area contributed by atoms with Crippen molar-refractivity contribution in [2.24, 2.45) is 5.92 Å². The standard InChI is InChI=1S/C10H16F2O2/c1-9(2,3)14-8(13)7-4-5-10(11,12)6-7/h7H,4-6H2,1-3H3. The minimum Gasteiger partial charge on any atom is -0.460 e. The van der Waals surface area contributed by atoms with E-state index in [2.05, 4.69) is 0 Å². The highest BCUT2D eigenvalue weighted by molar-refractivity contribution is 5.73. The van der Waals surface area contributed by atoms with Crippen molar-refractivity contribution in [1.82, 2.24) is 0 Å². The van der Waals surface area contributed by atoms with Crippen LogP contribution in [0, 0.1) is 5.92 Å². The summed E-state index contributed by atoms with van der Waals surface area (Å²) in [6.45, 7) is 5.20. The molecule has 0 aromatic carbocycles. The minimum absolute atomic E-state index is 0.198. The first kappa shape index (κ1) is 11.4. The van der Waals surface area contributed by atoms with Gasteiger partial charge in [0.15, 0.2) is 0 Å². The molecule has 82 valence electrons. The van der Waals surface area contributed by atoms with Crippen LogP contribution in [-0.2, 0) is 9.53 Å². The smallest absolute Gasteiger partial charge is 0.309 e. The maximum Gasteiger partial charge on any atom is 0.309 e. The second-order valence-electron chi connectivity index (χ2n) is 4.83. The highest BCUT2D eigenvalue weighted by atomic mass is 19.3. The van der Waals surface area contributed by atoms with Crippen LogP contribution in [0.3, 0.4) is 0 Å². The Labute approximate surface area is 82.6 Å². The Bertz CT molecular complexity index is 231. The van der Waals surface area contributed by atoms with Crippen molar-refractivity contribution in [1.29, 1.82) is 0 Å². The zero-order valence-electron chi connectivity index (χ0n) is 8.77. The molecule has 0 saturated heterocycles. The third-order valence-corrected chi connectivity index (χ3v) is 2.14. The molecule has 0 aromatic heterocycles. The quantitative estimate of drug-likeness (QED) is 0.616. The van der Waals surface area contributed by atoms with E-state index >= 15 is 0 Å². The van der Waals surface area contributed by atoms with Gasteiger partial charge in [-0.15, -0.1) is 0 Å². The molecule has 0 spiro atoms. The molecule has 1 fully saturated rings. The molecule has 0 amide bonds. The van der Waals surface area contributed by atoms with Crippen LogP contribution in [0.4, 0.5) is 8.78 Å². The Kier molecular flexibility index (Phi) is 2.83. The molecule has 0 heterocycles. The predicted molar refractivity (Wildman–Crippen MR) is 48.1 cm³/mol. The number of halogens is 2. The number of carbonyl (C=O) groups excluding carboxylic acids is 1. The maximum absolute atomic E-state index is 12.8. The molecule has 2 nitrogen and oxygen atoms in total. The first-order chi connectivity index (χ1) is 6.20. The highest BCUT2D eigenvalue weighted by Gasteiger charge is 2.43. The molecule has 0 aliphatic heterocycles. The Balaban J connectivity index is 2.48. The van der Waals surface area contributed by atoms with Crippen LogP contribution < -0.4 is 0 Å². The summed E-state index contributed by atoms with van der Waals surface area (Å²) >= 11 is 0. The number of ether oxygens (including phenoxy) is 1. The zero-order chi connectivity index (χ0) is 11.0. The summed E-state index contributed by atoms with van der Waals surface area (Å²) in [6.07, 6.45) is -0.319. The molecule has 14 heavy (non-hydrogen) atoms. The Morgan fingerprint density at radius 3 is 2.36 bits per heavy atom. The number of rotatable bonds is 1. The van der Waals surface area contributed by atoms with Crippen molar-refractivity contribution in [3.05, 3.63) is 0 Å². The van der Waals surface area contributed by atoms with E-state index in [0.29, 0.717) is 0 Å². The fourth-order valence-electron chi connectivity index (χ4n) is 1.54. The second kappa shape index (κ2) is 3.48. The molecule has 0 aromatic rings. The van der Waals surface area contributed by atoms with Gasteiger partial charge >= 0.3 is 5.97 Å². The van der Waals surface area contributed by atoms with Gasteiger partial charge in [0.25, 0.3) is 0 Å². The van der Waals surface area contributed by atoms with Gasteiger partial charge in [-0.05, 0) is 27.2 Å². The van der Waals surface area contributed by atoms with Crippen molar-refractivity contribution in [2.45, 2.75) is 51.6 Å². The normalized spacial score (nSPS) is 26.2. The van der Waals surface area contributed by atoms with E-state index in [1.165, 1.54) is 0 Å². The average molecular weight is 206 g/mol. The SMILES string of the molecule is CC(C)(C)OC(=O)C1CCC(F)(F)C1. The van der Waals surface area contributed by atoms with Crippen molar-refractivity contribution >= 4 is 5.97 Å². The first-order valence-corrected chi connectivity index (χ1v) is 4.80. The van der Waals surface area contributed by atoms with Crippen LogP contribution in [0.5, 0.6) is 0 Å². The molecular weight excluding hydrogens is 190 g/mol. The average Bonchev–Trinajstić information content (AvgIpc) is 2.26. The molecule has 4 heteroatoms. The van der Waals surface area contributed by atoms with E-state index in [4.69, 9.17) is 4.74 Å². The summed E-state index contributed by atoms with van der Waals surface area (Å²) in [5.41, 5.74) is -0.588. The lowest BCUT2D eigenvalue weighted by atomic mass is 10.1. The first-order valence-electron chi connectivity index (χ1n) is 4.80. The Morgan fingerprint density at radius 2 is 2.00 bits per heavy atom. The lowest BCUT2D eigenvalue weighted by Gasteiger charge is -2.21. The summed E-state index contributed by atoms with van der Waals surface area (Å²) in [5.74, 6) is -3.79. The fourth-order valence-corrected chi connectivity index (χ4v) is 1.54. The number of esters is 1. The third kappa shape index (κ3) is 3.24. The molecule has 1 rings (SSSR count). The second-order valence-corrected chi connectivity index (χ2v) is 4.83. The Hall–Kier alpha value is -0.670. The minimum atomic E-state index is -2.68. The third-order valence-electron chi connectivity index (χ3n) is 2.14. The van der Waals surface area contributed by atoms with Crippen molar-refractivity contribution in [2.75, 3.05) is 0 Å². The van der Waals surface area contributed by atoms with Gasteiger partial charge < -0.3 is 4.74 Å². The highest BCUT2D eigenvalue weighted by Crippen LogP contribution is 2.39. The molecule has 0 radical (unpaired) electrons. The zero-order valence-corrected chi connectivity index (χ0v) is 8.77. The lowest BCUT2D eigenvalue weighted by molar-refractivity contribution is -0.160. The van der Waals surface area contributed by atoms with Crippen molar-refractivity contribution in [3.63, 3.8) is 0 Å². The van der Waals surface area contributed by atoms with Crippen LogP contribution in [-0.4, -0.2) is 17.5 Å². The number of hydrogen-bond donors (Lipinski definition) is 0. The van der Waals surface area contributed by atoms with Crippen LogP contribution in [0.1, 0.15) is 40.0 Å². The van der Waals surface area contributed by atoms with Gasteiger partial charge in [-0.25, -0.2) is 8.78 Å². The predicted octanol–water partition coefficient (Wildman–Crippen LogP) is 2.76. The van der Waals surface area contributed by atoms with Gasteiger partial charge in [-0.3, -0.25) is 4.79 Å². The molecule has 1 aliphatic carbocycles. The molecule has 1 atom stereocenters. The molecule has 0 N–H and O–H groups in total. The van der Waals surface area contributed by atoms with Gasteiger partial charge in [0.1, 0.15) is 5.60 Å². The fraction of sp³-hybridized carbons (Fsp3) is 0.900. The topological polar surface area (TPSA) is 26.3 Å². The van der Waals surface area contributed by atoms with Crippen molar-refractivity contribution < 1.29 is 18.3 Å². The van der Waals surface area contributed by atoms with E-state index < -0.39 is 23.4 Å². The lowest BCUT2D eigenvalue weighted by Crippen LogP contribution is -2.28. The summed E-state index contributed by atoms with van der Waals surface area (Å²) in [6, 6.07) is 0. The summed E-state index contributed by atoms with van der Waals surface area (Å²) in [7, 11) is 0. The molecule has 1 saturated carbocycles. The summed E-state index contributed by atoms with van der Waals surface area (Å²) in [4.78, 5) is 11.4. The van der Waals surface area contributed by atoms with Gasteiger partial charge in [-0.1, -0.05) is 0 Å². The number of hydrogen-bond acceptors (Lipinski definition) is 2. The molecule has 1 unspecified atom stereocenters. The summed E-state index contributed by atoms with van der Waals surface area (Å²) in [5, 5.41) is 0. The van der Waals surface area contributed by atoms with Crippen molar-refractivity contribution in [3.8, 4) is 0 Å². The van der Waals surface area contributed by atoms with Gasteiger partial charge in [0.05, 0.1) is 5.92 Å². The van der Waals surface area contributed by atoms with Crippen LogP contribution >= 0.6 is 0 Å². The van der Waals surface area contributed by atoms with Gasteiger partial charge in [-0.2, -0.15) is 0 Å². The maximum atomic E-state index is 12.8. The molecule has 0 bridgehead atoms. The number of carbonyl (C=O) groups is 1. The van der Waals surface area contributed by atoms with E-state index in [0.717, 1.165) is 0 Å². The Morgan fingerprint density at radius 1 is 1.43 bits per heavy atom. The monoisotopic (exact) mass is 206 g/mol. The van der Waals surface area contributed by atoms with E-state index in [1.807, 2.05) is 0 Å². The van der Waals surface area contributed by atoms with E-state index in [1.54, 1.807) is 20.8 Å². The van der Waals surface area contributed by atoms with E-state index in [-0.39, 0.29) is 19.3 Å². The molecule has 1 aliphatic rings. The van der Waals surface area contributed by atoms with Crippen LogP contribution in [0.2, 0.25) is 0 Å². The van der Waals surface area contributed by atoms with Crippen LogP contribution in [0.15, 0.2) is 0 Å². The van der Waals surface area contributed by atoms with Gasteiger partial charge in [0.2, 0.25) is 5.92 Å². The number of alkyl halides is 2. The molecular formula is C10H16F2O2. The van der Waals surface area contributed by atoms with Gasteiger partial charge in [0, 0.05) is 12.8 Å². The summed E-state index contributed by atoms with van der Waals surface area (Å²) < 4.78 is 30.6. The largest absolute Gasteiger partial charge is 0.460 e.